The van der Waals surface area contributed by atoms with Crippen LogP contribution in [-0.4, -0.2) is 49.8 Å². The first-order chi connectivity index (χ1) is 9.34. The van der Waals surface area contributed by atoms with Crippen molar-refractivity contribution >= 4 is 0 Å². The van der Waals surface area contributed by atoms with Gasteiger partial charge in [0.15, 0.2) is 0 Å². The molecule has 0 saturated carbocycles. The third-order valence-corrected chi connectivity index (χ3v) is 4.92. The molecule has 20 heavy (non-hydrogen) atoms. The predicted molar refractivity (Wildman–Crippen MR) is 87.2 cm³/mol. The molecule has 0 amide bonds. The molecule has 0 spiro atoms. The van der Waals surface area contributed by atoms with Crippen LogP contribution in [-0.2, 0) is 4.74 Å². The molecule has 1 aliphatic heterocycles. The van der Waals surface area contributed by atoms with Crippen LogP contribution in [0.5, 0.6) is 0 Å². The summed E-state index contributed by atoms with van der Waals surface area (Å²) >= 11 is 0. The van der Waals surface area contributed by atoms with E-state index in [1.807, 2.05) is 7.11 Å². The topological polar surface area (TPSA) is 24.5 Å². The summed E-state index contributed by atoms with van der Waals surface area (Å²) in [6.45, 7) is 16.2. The zero-order valence-electron chi connectivity index (χ0n) is 14.6. The van der Waals surface area contributed by atoms with Gasteiger partial charge in [-0.2, -0.15) is 0 Å². The van der Waals surface area contributed by atoms with Gasteiger partial charge in [0.25, 0.3) is 0 Å². The van der Waals surface area contributed by atoms with Crippen molar-refractivity contribution in [2.75, 3.05) is 33.3 Å². The fourth-order valence-corrected chi connectivity index (χ4v) is 3.01. The van der Waals surface area contributed by atoms with Gasteiger partial charge < -0.3 is 15.0 Å². The number of hydrogen-bond acceptors (Lipinski definition) is 3. The van der Waals surface area contributed by atoms with Crippen LogP contribution in [0.2, 0.25) is 0 Å². The molecule has 3 heteroatoms. The molecule has 1 fully saturated rings. The third-order valence-electron chi connectivity index (χ3n) is 4.92. The lowest BCUT2D eigenvalue weighted by atomic mass is 9.80. The van der Waals surface area contributed by atoms with Gasteiger partial charge in [-0.05, 0) is 51.9 Å². The van der Waals surface area contributed by atoms with Crippen molar-refractivity contribution in [1.82, 2.24) is 10.2 Å². The van der Waals surface area contributed by atoms with Crippen molar-refractivity contribution in [3.05, 3.63) is 0 Å². The first kappa shape index (κ1) is 17.9. The maximum atomic E-state index is 5.48. The van der Waals surface area contributed by atoms with Gasteiger partial charge in [0.1, 0.15) is 0 Å². The third kappa shape index (κ3) is 5.71. The van der Waals surface area contributed by atoms with E-state index in [1.165, 1.54) is 45.3 Å². The largest absolute Gasteiger partial charge is 0.381 e. The van der Waals surface area contributed by atoms with E-state index in [-0.39, 0.29) is 5.54 Å². The predicted octanol–water partition coefficient (Wildman–Crippen LogP) is 3.29. The van der Waals surface area contributed by atoms with E-state index in [9.17, 15) is 0 Å². The van der Waals surface area contributed by atoms with Gasteiger partial charge in [0.2, 0.25) is 0 Å². The maximum Gasteiger partial charge on any atom is 0.0595 e. The van der Waals surface area contributed by atoms with Crippen molar-refractivity contribution in [2.24, 2.45) is 5.41 Å². The van der Waals surface area contributed by atoms with Gasteiger partial charge in [0.05, 0.1) is 6.10 Å². The van der Waals surface area contributed by atoms with Gasteiger partial charge in [-0.15, -0.1) is 0 Å². The molecule has 0 aromatic rings. The summed E-state index contributed by atoms with van der Waals surface area (Å²) in [5.74, 6) is 0. The number of nitrogens with one attached hydrogen (secondary N) is 1. The highest BCUT2D eigenvalue weighted by Gasteiger charge is 2.31. The van der Waals surface area contributed by atoms with Gasteiger partial charge in [-0.25, -0.2) is 0 Å². The van der Waals surface area contributed by atoms with Gasteiger partial charge in [0, 0.05) is 38.8 Å². The Kier molecular flexibility index (Phi) is 6.96. The molecule has 0 aromatic carbocycles. The van der Waals surface area contributed by atoms with Crippen LogP contribution in [0.3, 0.4) is 0 Å². The highest BCUT2D eigenvalue weighted by molar-refractivity contribution is 4.87. The lowest BCUT2D eigenvalue weighted by molar-refractivity contribution is 0.0233. The minimum absolute atomic E-state index is 0.207. The molecule has 1 N–H and O–H groups in total. The van der Waals surface area contributed by atoms with E-state index in [0.29, 0.717) is 11.5 Å². The Labute approximate surface area is 126 Å². The molecule has 0 bridgehead atoms. The fraction of sp³-hybridized carbons (Fsp3) is 1.00. The summed E-state index contributed by atoms with van der Waals surface area (Å²) in [5.41, 5.74) is 0.617. The molecule has 1 aliphatic rings. The number of hydrogen-bond donors (Lipinski definition) is 1. The smallest absolute Gasteiger partial charge is 0.0595 e. The number of ether oxygens (including phenoxy) is 1. The Bertz CT molecular complexity index is 261. The minimum Gasteiger partial charge on any atom is -0.381 e. The molecule has 0 unspecified atom stereocenters. The molecule has 120 valence electrons. The van der Waals surface area contributed by atoms with Crippen LogP contribution in [0.15, 0.2) is 0 Å². The van der Waals surface area contributed by atoms with Crippen LogP contribution in [0.4, 0.5) is 0 Å². The molecule has 1 rings (SSSR count). The Morgan fingerprint density at radius 3 is 2.05 bits per heavy atom. The first-order valence-electron chi connectivity index (χ1n) is 8.34. The molecule has 0 radical (unpaired) electrons. The average Bonchev–Trinajstić information content (AvgIpc) is 2.43. The average molecular weight is 284 g/mol. The summed E-state index contributed by atoms with van der Waals surface area (Å²) in [4.78, 5) is 2.65. The number of piperidine rings is 1. The lowest BCUT2D eigenvalue weighted by Crippen LogP contribution is -2.50. The van der Waals surface area contributed by atoms with Gasteiger partial charge in [-0.3, -0.25) is 0 Å². The van der Waals surface area contributed by atoms with E-state index in [1.54, 1.807) is 0 Å². The first-order valence-corrected chi connectivity index (χ1v) is 8.34. The van der Waals surface area contributed by atoms with E-state index < -0.39 is 0 Å². The Hall–Kier alpha value is -0.120. The highest BCUT2D eigenvalue weighted by Crippen LogP contribution is 2.29. The summed E-state index contributed by atoms with van der Waals surface area (Å²) in [5, 5.41) is 3.72. The molecule has 0 aliphatic carbocycles. The van der Waals surface area contributed by atoms with Crippen molar-refractivity contribution in [1.29, 1.82) is 0 Å². The number of methoxy groups -OCH3 is 1. The van der Waals surface area contributed by atoms with E-state index in [4.69, 9.17) is 4.74 Å². The van der Waals surface area contributed by atoms with Crippen LogP contribution >= 0.6 is 0 Å². The van der Waals surface area contributed by atoms with Crippen molar-refractivity contribution in [3.8, 4) is 0 Å². The van der Waals surface area contributed by atoms with Gasteiger partial charge >= 0.3 is 0 Å². The second kappa shape index (κ2) is 7.77. The standard InChI is InChI=1S/C17H36N2O/c1-7-17(8-2,13-18-16(3,4)5)14-19-11-9-15(20-6)10-12-19/h15,18H,7-14H2,1-6H3. The second-order valence-corrected chi connectivity index (χ2v) is 7.52. The zero-order valence-corrected chi connectivity index (χ0v) is 14.6. The molecular weight excluding hydrogens is 248 g/mol. The SMILES string of the molecule is CCC(CC)(CNC(C)(C)C)CN1CCC(OC)CC1. The summed E-state index contributed by atoms with van der Waals surface area (Å²) in [6.07, 6.45) is 5.35. The van der Waals surface area contributed by atoms with E-state index in [0.717, 1.165) is 6.54 Å². The molecule has 1 heterocycles. The Balaban J connectivity index is 2.53. The summed E-state index contributed by atoms with van der Waals surface area (Å²) < 4.78 is 5.48. The quantitative estimate of drug-likeness (QED) is 0.776. The Morgan fingerprint density at radius 1 is 1.10 bits per heavy atom. The Morgan fingerprint density at radius 2 is 1.65 bits per heavy atom. The molecule has 1 saturated heterocycles. The zero-order chi connectivity index (χ0) is 15.2. The normalized spacial score (nSPS) is 19.5. The number of likely N-dealkylation sites (tertiary alicyclic amines) is 1. The molecular formula is C17H36N2O. The molecule has 0 aromatic heterocycles. The molecule has 3 nitrogen and oxygen atoms in total. The molecule has 0 atom stereocenters. The van der Waals surface area contributed by atoms with E-state index in [2.05, 4.69) is 44.8 Å². The maximum absolute atomic E-state index is 5.48. The van der Waals surface area contributed by atoms with Crippen LogP contribution in [0.25, 0.3) is 0 Å². The summed E-state index contributed by atoms with van der Waals surface area (Å²) in [7, 11) is 1.84. The highest BCUT2D eigenvalue weighted by atomic mass is 16.5. The second-order valence-electron chi connectivity index (χ2n) is 7.52. The van der Waals surface area contributed by atoms with Crippen molar-refractivity contribution in [2.45, 2.75) is 71.9 Å². The van der Waals surface area contributed by atoms with Crippen LogP contribution < -0.4 is 5.32 Å². The van der Waals surface area contributed by atoms with Gasteiger partial charge in [-0.1, -0.05) is 13.8 Å². The minimum atomic E-state index is 0.207. The van der Waals surface area contributed by atoms with Crippen LogP contribution in [0.1, 0.15) is 60.3 Å². The monoisotopic (exact) mass is 284 g/mol. The van der Waals surface area contributed by atoms with Crippen molar-refractivity contribution in [3.63, 3.8) is 0 Å². The number of rotatable bonds is 7. The summed E-state index contributed by atoms with van der Waals surface area (Å²) in [6, 6.07) is 0. The van der Waals surface area contributed by atoms with Crippen LogP contribution in [0, 0.1) is 5.41 Å². The lowest BCUT2D eigenvalue weighted by Gasteiger charge is -2.41. The van der Waals surface area contributed by atoms with Crippen molar-refractivity contribution < 1.29 is 4.74 Å². The number of nitrogens with zero attached hydrogens (tertiary/aromatic N) is 1. The van der Waals surface area contributed by atoms with E-state index >= 15 is 0 Å². The fourth-order valence-electron chi connectivity index (χ4n) is 3.01.